The standard InChI is InChI=1S/C21H25NO3.C3H9N/c1-4-14-22-19(23)17-12-8-9-13-18(17)20(24)25-21(2,3)15-16-10-6-5-7-11-16;1-2-3-4/h5-13H,4,14-15H2,1-3H3,(H,22,23);2-4H2,1H3. The fourth-order valence-electron chi connectivity index (χ4n) is 2.62. The van der Waals surface area contributed by atoms with E-state index in [1.807, 2.05) is 51.1 Å². The molecule has 2 rings (SSSR count). The third kappa shape index (κ3) is 8.92. The lowest BCUT2D eigenvalue weighted by Crippen LogP contribution is -2.32. The lowest BCUT2D eigenvalue weighted by molar-refractivity contribution is -0.000829. The van der Waals surface area contributed by atoms with Gasteiger partial charge in [0.25, 0.3) is 5.91 Å². The molecule has 0 radical (unpaired) electrons. The lowest BCUT2D eigenvalue weighted by Gasteiger charge is -2.25. The van der Waals surface area contributed by atoms with Gasteiger partial charge >= 0.3 is 5.97 Å². The van der Waals surface area contributed by atoms with Gasteiger partial charge in [0.05, 0.1) is 11.1 Å². The molecule has 5 heteroatoms. The number of ether oxygens (including phenoxy) is 1. The van der Waals surface area contributed by atoms with Crippen LogP contribution in [0, 0.1) is 0 Å². The number of nitrogens with two attached hydrogens (primary N) is 1. The maximum Gasteiger partial charge on any atom is 0.339 e. The molecule has 0 saturated carbocycles. The number of amides is 1. The Hall–Kier alpha value is -2.66. The summed E-state index contributed by atoms with van der Waals surface area (Å²) < 4.78 is 5.70. The zero-order chi connectivity index (χ0) is 21.7. The van der Waals surface area contributed by atoms with Gasteiger partial charge in [0, 0.05) is 13.0 Å². The fourth-order valence-corrected chi connectivity index (χ4v) is 2.62. The van der Waals surface area contributed by atoms with Crippen LogP contribution in [0.25, 0.3) is 0 Å². The largest absolute Gasteiger partial charge is 0.456 e. The third-order valence-electron chi connectivity index (χ3n) is 4.06. The van der Waals surface area contributed by atoms with Crippen molar-refractivity contribution in [1.82, 2.24) is 5.32 Å². The molecule has 0 aromatic heterocycles. The average Bonchev–Trinajstić information content (AvgIpc) is 2.72. The number of hydrogen-bond donors (Lipinski definition) is 2. The molecule has 0 aliphatic carbocycles. The van der Waals surface area contributed by atoms with Gasteiger partial charge in [-0.05, 0) is 50.9 Å². The Kier molecular flexibility index (Phi) is 10.7. The zero-order valence-electron chi connectivity index (χ0n) is 18.0. The first-order chi connectivity index (χ1) is 13.8. The first-order valence-electron chi connectivity index (χ1n) is 10.2. The Morgan fingerprint density at radius 3 is 2.03 bits per heavy atom. The van der Waals surface area contributed by atoms with Crippen LogP contribution in [0.15, 0.2) is 54.6 Å². The molecular weight excluding hydrogens is 364 g/mol. The van der Waals surface area contributed by atoms with Gasteiger partial charge in [0.15, 0.2) is 0 Å². The number of esters is 1. The smallest absolute Gasteiger partial charge is 0.339 e. The van der Waals surface area contributed by atoms with Crippen molar-refractivity contribution in [2.45, 2.75) is 52.6 Å². The summed E-state index contributed by atoms with van der Waals surface area (Å²) in [6, 6.07) is 16.6. The maximum absolute atomic E-state index is 12.6. The number of rotatable bonds is 8. The SMILES string of the molecule is CCCN.CCCNC(=O)c1ccccc1C(=O)OC(C)(C)Cc1ccccc1. The maximum atomic E-state index is 12.6. The van der Waals surface area contributed by atoms with Gasteiger partial charge in [0.1, 0.15) is 5.60 Å². The van der Waals surface area contributed by atoms with Gasteiger partial charge in [-0.25, -0.2) is 4.79 Å². The second kappa shape index (κ2) is 12.7. The van der Waals surface area contributed by atoms with Crippen molar-refractivity contribution in [3.05, 3.63) is 71.3 Å². The highest BCUT2D eigenvalue weighted by Crippen LogP contribution is 2.20. The number of nitrogens with one attached hydrogen (secondary N) is 1. The van der Waals surface area contributed by atoms with Gasteiger partial charge < -0.3 is 15.8 Å². The van der Waals surface area contributed by atoms with Crippen LogP contribution in [0.1, 0.15) is 66.8 Å². The Morgan fingerprint density at radius 1 is 0.931 bits per heavy atom. The Bertz CT molecular complexity index is 756. The monoisotopic (exact) mass is 398 g/mol. The van der Waals surface area contributed by atoms with E-state index in [9.17, 15) is 9.59 Å². The van der Waals surface area contributed by atoms with Gasteiger partial charge in [-0.2, -0.15) is 0 Å². The minimum Gasteiger partial charge on any atom is -0.456 e. The van der Waals surface area contributed by atoms with Gasteiger partial charge in [-0.15, -0.1) is 0 Å². The van der Waals surface area contributed by atoms with E-state index in [0.717, 1.165) is 24.9 Å². The van der Waals surface area contributed by atoms with Crippen molar-refractivity contribution in [2.24, 2.45) is 5.73 Å². The summed E-state index contributed by atoms with van der Waals surface area (Å²) in [5.41, 5.74) is 6.08. The van der Waals surface area contributed by atoms with E-state index >= 15 is 0 Å². The average molecular weight is 399 g/mol. The number of hydrogen-bond acceptors (Lipinski definition) is 4. The van der Waals surface area contributed by atoms with E-state index in [4.69, 9.17) is 10.5 Å². The zero-order valence-corrected chi connectivity index (χ0v) is 18.0. The van der Waals surface area contributed by atoms with Crippen LogP contribution in [0.4, 0.5) is 0 Å². The van der Waals surface area contributed by atoms with Gasteiger partial charge in [-0.1, -0.05) is 56.3 Å². The predicted molar refractivity (Wildman–Crippen MR) is 118 cm³/mol. The molecule has 5 nitrogen and oxygen atoms in total. The minimum atomic E-state index is -0.675. The molecule has 0 atom stereocenters. The van der Waals surface area contributed by atoms with Crippen LogP contribution in [0.2, 0.25) is 0 Å². The summed E-state index contributed by atoms with van der Waals surface area (Å²) >= 11 is 0. The van der Waals surface area contributed by atoms with E-state index < -0.39 is 11.6 Å². The molecule has 0 heterocycles. The van der Waals surface area contributed by atoms with Gasteiger partial charge in [0.2, 0.25) is 0 Å². The number of carbonyl (C=O) groups excluding carboxylic acids is 2. The van der Waals surface area contributed by atoms with Crippen molar-refractivity contribution in [3.63, 3.8) is 0 Å². The highest BCUT2D eigenvalue weighted by molar-refractivity contribution is 6.05. The van der Waals surface area contributed by atoms with Crippen molar-refractivity contribution < 1.29 is 14.3 Å². The van der Waals surface area contributed by atoms with E-state index in [2.05, 4.69) is 12.2 Å². The molecule has 0 aliphatic rings. The normalized spacial score (nSPS) is 10.5. The van der Waals surface area contributed by atoms with Crippen molar-refractivity contribution >= 4 is 11.9 Å². The summed E-state index contributed by atoms with van der Waals surface area (Å²) in [4.78, 5) is 24.9. The summed E-state index contributed by atoms with van der Waals surface area (Å²) in [6.45, 7) is 9.17. The van der Waals surface area contributed by atoms with E-state index in [-0.39, 0.29) is 11.5 Å². The van der Waals surface area contributed by atoms with E-state index in [1.165, 1.54) is 0 Å². The van der Waals surface area contributed by atoms with Crippen LogP contribution < -0.4 is 11.1 Å². The molecule has 2 aromatic rings. The second-order valence-corrected chi connectivity index (χ2v) is 7.40. The third-order valence-corrected chi connectivity index (χ3v) is 4.06. The molecular formula is C24H34N2O3. The van der Waals surface area contributed by atoms with Crippen molar-refractivity contribution in [1.29, 1.82) is 0 Å². The first-order valence-corrected chi connectivity index (χ1v) is 10.2. The van der Waals surface area contributed by atoms with Crippen LogP contribution in [-0.2, 0) is 11.2 Å². The molecule has 0 spiro atoms. The molecule has 1 amide bonds. The number of benzene rings is 2. The van der Waals surface area contributed by atoms with Crippen LogP contribution in [-0.4, -0.2) is 30.6 Å². The Morgan fingerprint density at radius 2 is 1.48 bits per heavy atom. The summed E-state index contributed by atoms with van der Waals surface area (Å²) in [6.07, 6.45) is 2.53. The van der Waals surface area contributed by atoms with Crippen LogP contribution >= 0.6 is 0 Å². The molecule has 29 heavy (non-hydrogen) atoms. The highest BCUT2D eigenvalue weighted by atomic mass is 16.6. The van der Waals surface area contributed by atoms with Crippen molar-refractivity contribution in [3.8, 4) is 0 Å². The van der Waals surface area contributed by atoms with Gasteiger partial charge in [-0.3, -0.25) is 4.79 Å². The predicted octanol–water partition coefficient (Wildman–Crippen LogP) is 4.36. The van der Waals surface area contributed by atoms with E-state index in [1.54, 1.807) is 24.3 Å². The lowest BCUT2D eigenvalue weighted by atomic mass is 9.98. The molecule has 158 valence electrons. The van der Waals surface area contributed by atoms with E-state index in [0.29, 0.717) is 18.5 Å². The van der Waals surface area contributed by atoms with Crippen LogP contribution in [0.5, 0.6) is 0 Å². The Labute approximate surface area is 174 Å². The van der Waals surface area contributed by atoms with Crippen LogP contribution in [0.3, 0.4) is 0 Å². The summed E-state index contributed by atoms with van der Waals surface area (Å²) in [5.74, 6) is -0.738. The quantitative estimate of drug-likeness (QED) is 0.647. The summed E-state index contributed by atoms with van der Waals surface area (Å²) in [5, 5.41) is 2.80. The minimum absolute atomic E-state index is 0.254. The fraction of sp³-hybridized carbons (Fsp3) is 0.417. The second-order valence-electron chi connectivity index (χ2n) is 7.40. The molecule has 3 N–H and O–H groups in total. The molecule has 0 fully saturated rings. The molecule has 2 aromatic carbocycles. The topological polar surface area (TPSA) is 81.4 Å². The van der Waals surface area contributed by atoms with Crippen molar-refractivity contribution in [2.75, 3.05) is 13.1 Å². The Balaban J connectivity index is 0.000000960. The number of carbonyl (C=O) groups is 2. The first kappa shape index (κ1) is 24.4. The molecule has 0 saturated heterocycles. The molecule has 0 aliphatic heterocycles. The molecule has 0 unspecified atom stereocenters. The highest BCUT2D eigenvalue weighted by Gasteiger charge is 2.26. The molecule has 0 bridgehead atoms. The summed E-state index contributed by atoms with van der Waals surface area (Å²) in [7, 11) is 0.